The van der Waals surface area contributed by atoms with Gasteiger partial charge in [0.25, 0.3) is 0 Å². The van der Waals surface area contributed by atoms with Gasteiger partial charge in [0.1, 0.15) is 0 Å². The standard InChI is InChI=1S/C15H22F2N2/c1-10(2)12-6-13(18)9-19(8-12)7-11-3-4-14(16)15(17)5-11/h3-5,10,12-13H,6-9,18H2,1-2H3. The van der Waals surface area contributed by atoms with Crippen LogP contribution in [0.2, 0.25) is 0 Å². The maximum absolute atomic E-state index is 13.2. The maximum Gasteiger partial charge on any atom is 0.159 e. The molecule has 1 fully saturated rings. The van der Waals surface area contributed by atoms with Crippen molar-refractivity contribution in [3.05, 3.63) is 35.4 Å². The van der Waals surface area contributed by atoms with Crippen LogP contribution in [0, 0.1) is 23.5 Å². The Kier molecular flexibility index (Phi) is 4.53. The third kappa shape index (κ3) is 3.74. The Balaban J connectivity index is 2.03. The number of nitrogens with two attached hydrogens (primary N) is 1. The number of halogens is 2. The molecule has 19 heavy (non-hydrogen) atoms. The molecule has 106 valence electrons. The van der Waals surface area contributed by atoms with Crippen molar-refractivity contribution in [2.45, 2.75) is 32.9 Å². The lowest BCUT2D eigenvalue weighted by atomic mass is 9.85. The van der Waals surface area contributed by atoms with E-state index in [2.05, 4.69) is 18.7 Å². The van der Waals surface area contributed by atoms with Crippen LogP contribution in [0.5, 0.6) is 0 Å². The Morgan fingerprint density at radius 3 is 2.63 bits per heavy atom. The summed E-state index contributed by atoms with van der Waals surface area (Å²) in [5.41, 5.74) is 6.89. The SMILES string of the molecule is CC(C)C1CC(N)CN(Cc2ccc(F)c(F)c2)C1. The zero-order valence-corrected chi connectivity index (χ0v) is 11.6. The van der Waals surface area contributed by atoms with Crippen LogP contribution in [0.4, 0.5) is 8.78 Å². The molecule has 2 nitrogen and oxygen atoms in total. The van der Waals surface area contributed by atoms with Crippen molar-refractivity contribution in [1.82, 2.24) is 4.90 Å². The molecule has 1 aliphatic rings. The van der Waals surface area contributed by atoms with E-state index in [0.717, 1.165) is 25.1 Å². The van der Waals surface area contributed by atoms with Crippen LogP contribution in [0.15, 0.2) is 18.2 Å². The summed E-state index contributed by atoms with van der Waals surface area (Å²) in [6, 6.07) is 4.28. The van der Waals surface area contributed by atoms with Gasteiger partial charge in [-0.05, 0) is 36.0 Å². The van der Waals surface area contributed by atoms with Gasteiger partial charge in [0.05, 0.1) is 0 Å². The van der Waals surface area contributed by atoms with E-state index in [9.17, 15) is 8.78 Å². The third-order valence-corrected chi connectivity index (χ3v) is 3.92. The van der Waals surface area contributed by atoms with Crippen molar-refractivity contribution in [3.8, 4) is 0 Å². The number of benzene rings is 1. The monoisotopic (exact) mass is 268 g/mol. The van der Waals surface area contributed by atoms with Gasteiger partial charge in [-0.3, -0.25) is 4.90 Å². The molecule has 1 aromatic rings. The quantitative estimate of drug-likeness (QED) is 0.913. The molecule has 2 unspecified atom stereocenters. The Hall–Kier alpha value is -1.00. The highest BCUT2D eigenvalue weighted by molar-refractivity contribution is 5.17. The first-order valence-electron chi connectivity index (χ1n) is 6.87. The molecule has 0 radical (unpaired) electrons. The Morgan fingerprint density at radius 1 is 1.26 bits per heavy atom. The number of likely N-dealkylation sites (tertiary alicyclic amines) is 1. The molecule has 2 N–H and O–H groups in total. The molecule has 0 amide bonds. The smallest absolute Gasteiger partial charge is 0.159 e. The Labute approximate surface area is 113 Å². The fraction of sp³-hybridized carbons (Fsp3) is 0.600. The summed E-state index contributed by atoms with van der Waals surface area (Å²) in [7, 11) is 0. The highest BCUT2D eigenvalue weighted by Crippen LogP contribution is 2.24. The van der Waals surface area contributed by atoms with Crippen LogP contribution in [0.25, 0.3) is 0 Å². The molecule has 1 aliphatic heterocycles. The highest BCUT2D eigenvalue weighted by Gasteiger charge is 2.27. The first-order valence-corrected chi connectivity index (χ1v) is 6.87. The summed E-state index contributed by atoms with van der Waals surface area (Å²) >= 11 is 0. The van der Waals surface area contributed by atoms with Crippen molar-refractivity contribution >= 4 is 0 Å². The average Bonchev–Trinajstić information content (AvgIpc) is 2.33. The summed E-state index contributed by atoms with van der Waals surface area (Å²) in [6.07, 6.45) is 1.05. The molecule has 0 aliphatic carbocycles. The Morgan fingerprint density at radius 2 is 2.00 bits per heavy atom. The van der Waals surface area contributed by atoms with E-state index in [1.807, 2.05) is 0 Å². The van der Waals surface area contributed by atoms with E-state index in [1.165, 1.54) is 12.1 Å². The molecule has 0 saturated carbocycles. The van der Waals surface area contributed by atoms with Crippen molar-refractivity contribution in [2.75, 3.05) is 13.1 Å². The van der Waals surface area contributed by atoms with Crippen molar-refractivity contribution in [3.63, 3.8) is 0 Å². The lowest BCUT2D eigenvalue weighted by Gasteiger charge is -2.38. The molecule has 1 saturated heterocycles. The molecule has 4 heteroatoms. The lowest BCUT2D eigenvalue weighted by molar-refractivity contribution is 0.123. The lowest BCUT2D eigenvalue weighted by Crippen LogP contribution is -2.47. The zero-order valence-electron chi connectivity index (χ0n) is 11.6. The molecule has 0 aromatic heterocycles. The van der Waals surface area contributed by atoms with Crippen LogP contribution in [-0.4, -0.2) is 24.0 Å². The molecule has 1 heterocycles. The molecule has 0 bridgehead atoms. The van der Waals surface area contributed by atoms with E-state index in [1.54, 1.807) is 6.07 Å². The van der Waals surface area contributed by atoms with E-state index >= 15 is 0 Å². The van der Waals surface area contributed by atoms with E-state index < -0.39 is 11.6 Å². The number of rotatable bonds is 3. The van der Waals surface area contributed by atoms with Crippen LogP contribution in [0.1, 0.15) is 25.8 Å². The van der Waals surface area contributed by atoms with Crippen molar-refractivity contribution in [2.24, 2.45) is 17.6 Å². The Bertz CT molecular complexity index is 434. The largest absolute Gasteiger partial charge is 0.327 e. The van der Waals surface area contributed by atoms with Crippen molar-refractivity contribution in [1.29, 1.82) is 0 Å². The summed E-state index contributed by atoms with van der Waals surface area (Å²) in [6.45, 7) is 6.84. The summed E-state index contributed by atoms with van der Waals surface area (Å²) in [4.78, 5) is 2.24. The summed E-state index contributed by atoms with van der Waals surface area (Å²) < 4.78 is 26.1. The average molecular weight is 268 g/mol. The predicted octanol–water partition coefficient (Wildman–Crippen LogP) is 2.77. The van der Waals surface area contributed by atoms with Crippen LogP contribution in [0.3, 0.4) is 0 Å². The second-order valence-corrected chi connectivity index (χ2v) is 5.94. The van der Waals surface area contributed by atoms with Gasteiger partial charge in [-0.15, -0.1) is 0 Å². The zero-order chi connectivity index (χ0) is 14.0. The number of hydrogen-bond donors (Lipinski definition) is 1. The normalized spacial score (nSPS) is 24.9. The van der Waals surface area contributed by atoms with Crippen LogP contribution in [-0.2, 0) is 6.54 Å². The fourth-order valence-electron chi connectivity index (χ4n) is 2.78. The van der Waals surface area contributed by atoms with E-state index in [0.29, 0.717) is 18.4 Å². The summed E-state index contributed by atoms with van der Waals surface area (Å²) in [5.74, 6) is -0.397. The molecule has 2 rings (SSSR count). The van der Waals surface area contributed by atoms with E-state index in [-0.39, 0.29) is 6.04 Å². The second-order valence-electron chi connectivity index (χ2n) is 5.94. The number of hydrogen-bond acceptors (Lipinski definition) is 2. The molecule has 2 atom stereocenters. The van der Waals surface area contributed by atoms with Gasteiger partial charge in [-0.2, -0.15) is 0 Å². The van der Waals surface area contributed by atoms with Gasteiger partial charge in [-0.1, -0.05) is 19.9 Å². The van der Waals surface area contributed by atoms with Crippen LogP contribution < -0.4 is 5.73 Å². The molecular weight excluding hydrogens is 246 g/mol. The van der Waals surface area contributed by atoms with Gasteiger partial charge in [0.2, 0.25) is 0 Å². The number of piperidine rings is 1. The molecular formula is C15H22F2N2. The first kappa shape index (κ1) is 14.4. The molecule has 1 aromatic carbocycles. The maximum atomic E-state index is 13.2. The fourth-order valence-corrected chi connectivity index (χ4v) is 2.78. The highest BCUT2D eigenvalue weighted by atomic mass is 19.2. The van der Waals surface area contributed by atoms with Gasteiger partial charge < -0.3 is 5.73 Å². The van der Waals surface area contributed by atoms with Gasteiger partial charge in [0.15, 0.2) is 11.6 Å². The predicted molar refractivity (Wildman–Crippen MR) is 72.6 cm³/mol. The topological polar surface area (TPSA) is 29.3 Å². The molecule has 0 spiro atoms. The minimum absolute atomic E-state index is 0.173. The minimum atomic E-state index is -0.792. The van der Waals surface area contributed by atoms with Gasteiger partial charge in [-0.25, -0.2) is 8.78 Å². The first-order chi connectivity index (χ1) is 8.95. The number of nitrogens with zero attached hydrogens (tertiary/aromatic N) is 1. The van der Waals surface area contributed by atoms with Gasteiger partial charge >= 0.3 is 0 Å². The van der Waals surface area contributed by atoms with Crippen LogP contribution >= 0.6 is 0 Å². The summed E-state index contributed by atoms with van der Waals surface area (Å²) in [5, 5.41) is 0. The second kappa shape index (κ2) is 5.97. The third-order valence-electron chi connectivity index (χ3n) is 3.92. The van der Waals surface area contributed by atoms with Crippen molar-refractivity contribution < 1.29 is 8.78 Å². The van der Waals surface area contributed by atoms with Gasteiger partial charge in [0, 0.05) is 25.7 Å². The minimum Gasteiger partial charge on any atom is -0.327 e. The van der Waals surface area contributed by atoms with E-state index in [4.69, 9.17) is 5.73 Å².